The van der Waals surface area contributed by atoms with Gasteiger partial charge in [-0.1, -0.05) is 315 Å². The fourth-order valence-electron chi connectivity index (χ4n) is 18.1. The van der Waals surface area contributed by atoms with E-state index in [-0.39, 0.29) is 50.5 Å². The van der Waals surface area contributed by atoms with Gasteiger partial charge in [-0.15, -0.1) is 0 Å². The average molecular weight is 1460 g/mol. The van der Waals surface area contributed by atoms with E-state index in [2.05, 4.69) is 408 Å². The molecule has 5 nitrogen and oxygen atoms in total. The Morgan fingerprint density at radius 3 is 1.38 bits per heavy atom. The van der Waals surface area contributed by atoms with Gasteiger partial charge in [-0.25, -0.2) is 4.98 Å². The van der Waals surface area contributed by atoms with E-state index in [4.69, 9.17) is 9.72 Å². The van der Waals surface area contributed by atoms with Gasteiger partial charge in [0.15, 0.2) is 0 Å². The van der Waals surface area contributed by atoms with Crippen molar-refractivity contribution in [3.8, 4) is 67.6 Å². The number of anilines is 3. The number of fused-ring (bicyclic) bond motifs is 13. The zero-order valence-electron chi connectivity index (χ0n) is 69.5. The van der Waals surface area contributed by atoms with Crippen molar-refractivity contribution in [3.05, 3.63) is 304 Å². The van der Waals surface area contributed by atoms with Gasteiger partial charge < -0.3 is 14.2 Å². The molecule has 0 unspecified atom stereocenters. The van der Waals surface area contributed by atoms with Gasteiger partial charge in [0.1, 0.15) is 17.3 Å². The minimum absolute atomic E-state index is 0.0284. The van der Waals surface area contributed by atoms with Crippen LogP contribution >= 0.6 is 0 Å². The van der Waals surface area contributed by atoms with Crippen molar-refractivity contribution in [1.82, 2.24) is 14.1 Å². The second-order valence-electron chi connectivity index (χ2n) is 39.8. The van der Waals surface area contributed by atoms with Gasteiger partial charge >= 0.3 is 0 Å². The number of rotatable bonds is 7. The summed E-state index contributed by atoms with van der Waals surface area (Å²) in [6.45, 7) is 48.5. The molecule has 112 heavy (non-hydrogen) atoms. The van der Waals surface area contributed by atoms with Gasteiger partial charge in [-0.3, -0.25) is 4.57 Å². The highest BCUT2D eigenvalue weighted by Gasteiger charge is 2.45. The highest BCUT2D eigenvalue weighted by molar-refractivity contribution is 6.99. The number of nitrogens with zero attached hydrogens (tertiary/aromatic N) is 4. The molecule has 6 heteroatoms. The average Bonchev–Trinajstić information content (AvgIpc) is 0.866. The van der Waals surface area contributed by atoms with E-state index >= 15 is 0 Å². The van der Waals surface area contributed by atoms with Crippen LogP contribution in [0.1, 0.15) is 207 Å². The number of hydrogen-bond donors (Lipinski definition) is 0. The summed E-state index contributed by atoms with van der Waals surface area (Å²) >= 11 is 0. The van der Waals surface area contributed by atoms with E-state index in [9.17, 15) is 0 Å². The van der Waals surface area contributed by atoms with Crippen molar-refractivity contribution in [3.63, 3.8) is 0 Å². The molecule has 0 N–H and O–H groups in total. The van der Waals surface area contributed by atoms with Gasteiger partial charge in [0.05, 0.1) is 39.1 Å². The molecular weight excluding hydrogens is 1360 g/mol. The van der Waals surface area contributed by atoms with Crippen LogP contribution < -0.4 is 26.0 Å². The molecule has 0 radical (unpaired) electrons. The summed E-state index contributed by atoms with van der Waals surface area (Å²) in [5, 5.41) is 4.90. The first kappa shape index (κ1) is 72.6. The molecule has 3 aliphatic rings. The van der Waals surface area contributed by atoms with Crippen LogP contribution in [0, 0.1) is 0 Å². The molecule has 0 amide bonds. The van der Waals surface area contributed by atoms with Crippen molar-refractivity contribution >= 4 is 83.8 Å². The summed E-state index contributed by atoms with van der Waals surface area (Å²) < 4.78 is 13.0. The molecule has 558 valence electrons. The van der Waals surface area contributed by atoms with Crippen molar-refractivity contribution in [2.24, 2.45) is 0 Å². The Hall–Kier alpha value is -10.9. The minimum atomic E-state index is -0.283. The summed E-state index contributed by atoms with van der Waals surface area (Å²) in [5.74, 6) is 2.54. The van der Waals surface area contributed by atoms with Crippen LogP contribution in [-0.4, -0.2) is 20.8 Å². The fourth-order valence-corrected chi connectivity index (χ4v) is 18.1. The molecule has 0 saturated heterocycles. The largest absolute Gasteiger partial charge is 0.458 e. The molecule has 0 saturated carbocycles. The van der Waals surface area contributed by atoms with Crippen molar-refractivity contribution in [2.45, 2.75) is 189 Å². The Labute approximate surface area is 664 Å². The minimum Gasteiger partial charge on any atom is -0.458 e. The Kier molecular flexibility index (Phi) is 16.4. The third-order valence-corrected chi connectivity index (χ3v) is 24.7. The zero-order chi connectivity index (χ0) is 78.6. The first-order valence-electron chi connectivity index (χ1n) is 40.6. The fraction of sp³-hybridized carbons (Fsp3) is 0.274. The number of hydrogen-bond acceptors (Lipinski definition) is 3. The smallest absolute Gasteiger partial charge is 0.256 e. The van der Waals surface area contributed by atoms with E-state index in [0.717, 1.165) is 95.5 Å². The topological polar surface area (TPSA) is 35.2 Å². The molecule has 18 rings (SSSR count). The van der Waals surface area contributed by atoms with Crippen molar-refractivity contribution < 1.29 is 4.74 Å². The van der Waals surface area contributed by atoms with Crippen LogP contribution in [0.4, 0.5) is 17.1 Å². The van der Waals surface area contributed by atoms with Gasteiger partial charge in [0.2, 0.25) is 0 Å². The van der Waals surface area contributed by atoms with E-state index in [1.54, 1.807) is 0 Å². The van der Waals surface area contributed by atoms with Gasteiger partial charge in [0.25, 0.3) is 6.71 Å². The summed E-state index contributed by atoms with van der Waals surface area (Å²) in [4.78, 5) is 8.59. The van der Waals surface area contributed by atoms with Crippen LogP contribution in [0.15, 0.2) is 249 Å². The van der Waals surface area contributed by atoms with Crippen LogP contribution in [0.3, 0.4) is 0 Å². The summed E-state index contributed by atoms with van der Waals surface area (Å²) in [6.07, 6.45) is 0. The van der Waals surface area contributed by atoms with Crippen LogP contribution in [0.2, 0.25) is 0 Å². The van der Waals surface area contributed by atoms with Gasteiger partial charge in [0, 0.05) is 50.5 Å². The standard InChI is InChI=1S/C106H105BN4O/c1-100(2,3)68-31-27-30-64(50-68)67-52-87(108-97(54-67)111-89-48-40-71(103(10,11)12)57-83(89)84-58-72(104(13,14)15)41-49-90(84)111)65-35-47-91-86(51-65)107-85-46-34-66(98-79-44-38-69(101(4,5)6)55-81(79)82-56-70(102(7,8)9)39-45-80(82)98)53-95(85)112-96-62-75(61-94(99(96)107)110(91)88-33-26-25-32-76(88)63-28-23-22-24-29-63)109-92-59-73(105(16,17)18)36-42-77(92)78-43-37-74(60-93(78)109)106(19,20)21/h22-62,98H,1-21H3. The maximum absolute atomic E-state index is 8.00. The molecule has 3 aromatic heterocycles. The lowest BCUT2D eigenvalue weighted by Gasteiger charge is -2.41. The van der Waals surface area contributed by atoms with Crippen molar-refractivity contribution in [1.29, 1.82) is 0 Å². The van der Waals surface area contributed by atoms with E-state index in [0.29, 0.717) is 0 Å². The maximum atomic E-state index is 8.00. The van der Waals surface area contributed by atoms with Crippen LogP contribution in [-0.2, 0) is 37.9 Å². The second-order valence-corrected chi connectivity index (χ2v) is 39.8. The number of aromatic nitrogens is 3. The predicted molar refractivity (Wildman–Crippen MR) is 479 cm³/mol. The molecule has 12 aromatic carbocycles. The third kappa shape index (κ3) is 12.1. The second kappa shape index (κ2) is 25.3. The molecule has 0 atom stereocenters. The lowest BCUT2D eigenvalue weighted by molar-refractivity contribution is 0.486. The molecule has 0 fully saturated rings. The molecular formula is C106H105BN4O. The SMILES string of the molecule is CC(C)(C)c1cccc(-c2cc(-c3ccc4c(c3)B3c5ccc(C6c7ccc(C(C)(C)C)cc7-c7cc(C(C)(C)C)ccc76)cc5Oc5cc(-n6c7cc(C(C)(C)C)ccc7c7ccc(C(C)(C)C)cc76)cc(c53)N4c3ccccc3-c3ccccc3)nc(-n3c4ccc(C(C)(C)C)cc4c4cc(C(C)(C)C)ccc43)c2)c1. The van der Waals surface area contributed by atoms with Gasteiger partial charge in [-0.05, 0) is 216 Å². The van der Waals surface area contributed by atoms with Gasteiger partial charge in [-0.2, -0.15) is 0 Å². The first-order chi connectivity index (χ1) is 52.9. The number of para-hydroxylation sites is 1. The normalized spacial score (nSPS) is 13.9. The molecule has 2 aliphatic heterocycles. The molecule has 5 heterocycles. The maximum Gasteiger partial charge on any atom is 0.256 e. The first-order valence-corrected chi connectivity index (χ1v) is 40.6. The highest BCUT2D eigenvalue weighted by atomic mass is 16.5. The molecule has 0 bridgehead atoms. The third-order valence-electron chi connectivity index (χ3n) is 24.7. The molecule has 15 aromatic rings. The van der Waals surface area contributed by atoms with Crippen LogP contribution in [0.25, 0.3) is 99.8 Å². The predicted octanol–water partition coefficient (Wildman–Crippen LogP) is 26.9. The Morgan fingerprint density at radius 2 is 0.812 bits per heavy atom. The van der Waals surface area contributed by atoms with Crippen LogP contribution in [0.5, 0.6) is 11.5 Å². The summed E-state index contributed by atoms with van der Waals surface area (Å²) in [6, 6.07) is 96.4. The highest BCUT2D eigenvalue weighted by Crippen LogP contribution is 2.53. The number of benzene rings is 12. The number of ether oxygens (including phenoxy) is 1. The summed E-state index contributed by atoms with van der Waals surface area (Å²) in [7, 11) is 0. The summed E-state index contributed by atoms with van der Waals surface area (Å²) in [5.41, 5.74) is 33.9. The number of pyridine rings is 1. The molecule has 1 aliphatic carbocycles. The zero-order valence-corrected chi connectivity index (χ0v) is 69.5. The van der Waals surface area contributed by atoms with Crippen molar-refractivity contribution in [2.75, 3.05) is 4.90 Å². The lowest BCUT2D eigenvalue weighted by atomic mass is 9.34. The lowest BCUT2D eigenvalue weighted by Crippen LogP contribution is -2.59. The Morgan fingerprint density at radius 1 is 0.304 bits per heavy atom. The van der Waals surface area contributed by atoms with E-state index in [1.807, 2.05) is 0 Å². The quantitative estimate of drug-likeness (QED) is 0.149. The Balaban J connectivity index is 0.928. The van der Waals surface area contributed by atoms with E-state index < -0.39 is 0 Å². The molecule has 0 spiro atoms. The Bertz CT molecular complexity index is 6200. The van der Waals surface area contributed by atoms with E-state index in [1.165, 1.54) is 105 Å². The monoisotopic (exact) mass is 1460 g/mol.